The van der Waals surface area contributed by atoms with E-state index in [2.05, 4.69) is 0 Å². The Labute approximate surface area is 115 Å². The van der Waals surface area contributed by atoms with Crippen LogP contribution in [0.5, 0.6) is 17.2 Å². The molecule has 2 aromatic rings. The van der Waals surface area contributed by atoms with Gasteiger partial charge in [-0.15, -0.1) is 0 Å². The van der Waals surface area contributed by atoms with Crippen LogP contribution in [0.3, 0.4) is 0 Å². The molecule has 0 fully saturated rings. The number of hydrogen-bond donors (Lipinski definition) is 1. The molecule has 0 bridgehead atoms. The van der Waals surface area contributed by atoms with Gasteiger partial charge in [0.05, 0.1) is 29.5 Å². The van der Waals surface area contributed by atoms with Crippen molar-refractivity contribution in [1.29, 1.82) is 5.26 Å². The molecule has 19 heavy (non-hydrogen) atoms. The van der Waals surface area contributed by atoms with Crippen molar-refractivity contribution in [2.75, 3.05) is 12.8 Å². The first kappa shape index (κ1) is 13.1. The maximum atomic E-state index is 8.76. The molecule has 96 valence electrons. The van der Waals surface area contributed by atoms with Crippen molar-refractivity contribution in [3.63, 3.8) is 0 Å². The maximum Gasteiger partial charge on any atom is 0.146 e. The van der Waals surface area contributed by atoms with Crippen molar-refractivity contribution in [2.45, 2.75) is 0 Å². The first-order valence-corrected chi connectivity index (χ1v) is 5.83. The standard InChI is InChI=1S/C14H11ClN2O2/c1-18-14-5-3-10(7-12(14)17)19-13-4-2-9(8-16)6-11(13)15/h2-7H,17H2,1H3. The number of benzene rings is 2. The average Bonchev–Trinajstić information content (AvgIpc) is 2.41. The molecule has 0 saturated heterocycles. The molecule has 0 aliphatic rings. The van der Waals surface area contributed by atoms with E-state index in [4.69, 9.17) is 32.1 Å². The lowest BCUT2D eigenvalue weighted by atomic mass is 10.2. The zero-order valence-electron chi connectivity index (χ0n) is 10.2. The minimum atomic E-state index is 0.369. The summed E-state index contributed by atoms with van der Waals surface area (Å²) in [5, 5.41) is 9.13. The van der Waals surface area contributed by atoms with Gasteiger partial charge in [0.25, 0.3) is 0 Å². The number of nitriles is 1. The van der Waals surface area contributed by atoms with Gasteiger partial charge in [0.2, 0.25) is 0 Å². The molecule has 0 saturated carbocycles. The van der Waals surface area contributed by atoms with Gasteiger partial charge in [0, 0.05) is 6.07 Å². The number of ether oxygens (including phenoxy) is 2. The second-order valence-electron chi connectivity index (χ2n) is 3.76. The molecule has 0 aromatic heterocycles. The van der Waals surface area contributed by atoms with Gasteiger partial charge < -0.3 is 15.2 Å². The minimum Gasteiger partial charge on any atom is -0.495 e. The zero-order chi connectivity index (χ0) is 13.8. The molecule has 0 amide bonds. The molecule has 2 rings (SSSR count). The van der Waals surface area contributed by atoms with Crippen LogP contribution in [-0.2, 0) is 0 Å². The largest absolute Gasteiger partial charge is 0.495 e. The highest BCUT2D eigenvalue weighted by Crippen LogP contribution is 2.33. The Hall–Kier alpha value is -2.38. The Morgan fingerprint density at radius 2 is 1.89 bits per heavy atom. The van der Waals surface area contributed by atoms with Crippen LogP contribution in [0.2, 0.25) is 5.02 Å². The number of rotatable bonds is 3. The molecule has 5 heteroatoms. The molecule has 0 radical (unpaired) electrons. The monoisotopic (exact) mass is 274 g/mol. The number of nitrogen functional groups attached to an aromatic ring is 1. The van der Waals surface area contributed by atoms with E-state index in [1.54, 1.807) is 43.5 Å². The quantitative estimate of drug-likeness (QED) is 0.869. The smallest absolute Gasteiger partial charge is 0.146 e. The van der Waals surface area contributed by atoms with Crippen LogP contribution in [0.25, 0.3) is 0 Å². The van der Waals surface area contributed by atoms with Crippen molar-refractivity contribution in [1.82, 2.24) is 0 Å². The summed E-state index contributed by atoms with van der Waals surface area (Å²) >= 11 is 6.02. The van der Waals surface area contributed by atoms with Crippen molar-refractivity contribution in [3.05, 3.63) is 47.0 Å². The Balaban J connectivity index is 2.26. The number of halogens is 1. The van der Waals surface area contributed by atoms with Gasteiger partial charge in [-0.3, -0.25) is 0 Å². The third-order valence-electron chi connectivity index (χ3n) is 2.49. The van der Waals surface area contributed by atoms with Crippen molar-refractivity contribution in [3.8, 4) is 23.3 Å². The van der Waals surface area contributed by atoms with E-state index in [-0.39, 0.29) is 0 Å². The summed E-state index contributed by atoms with van der Waals surface area (Å²) in [4.78, 5) is 0. The van der Waals surface area contributed by atoms with Gasteiger partial charge in [-0.25, -0.2) is 0 Å². The Morgan fingerprint density at radius 3 is 2.47 bits per heavy atom. The third kappa shape index (κ3) is 2.90. The topological polar surface area (TPSA) is 68.3 Å². The summed E-state index contributed by atoms with van der Waals surface area (Å²) in [5.41, 5.74) is 6.74. The molecule has 2 N–H and O–H groups in total. The van der Waals surface area contributed by atoms with Crippen LogP contribution < -0.4 is 15.2 Å². The highest BCUT2D eigenvalue weighted by Gasteiger charge is 2.06. The number of nitrogens with two attached hydrogens (primary N) is 1. The molecule has 0 heterocycles. The highest BCUT2D eigenvalue weighted by atomic mass is 35.5. The van der Waals surface area contributed by atoms with Gasteiger partial charge in [-0.1, -0.05) is 11.6 Å². The summed E-state index contributed by atoms with van der Waals surface area (Å²) in [5.74, 6) is 1.59. The highest BCUT2D eigenvalue weighted by molar-refractivity contribution is 6.32. The number of hydrogen-bond acceptors (Lipinski definition) is 4. The van der Waals surface area contributed by atoms with E-state index in [0.717, 1.165) is 0 Å². The Bertz CT molecular complexity index is 650. The molecule has 2 aromatic carbocycles. The lowest BCUT2D eigenvalue weighted by Crippen LogP contribution is -1.93. The fourth-order valence-electron chi connectivity index (χ4n) is 1.56. The average molecular weight is 275 g/mol. The van der Waals surface area contributed by atoms with E-state index in [1.807, 2.05) is 6.07 Å². The number of methoxy groups -OCH3 is 1. The van der Waals surface area contributed by atoms with Crippen LogP contribution in [-0.4, -0.2) is 7.11 Å². The molecule has 4 nitrogen and oxygen atoms in total. The molecule has 0 aliphatic heterocycles. The van der Waals surface area contributed by atoms with E-state index in [9.17, 15) is 0 Å². The zero-order valence-corrected chi connectivity index (χ0v) is 10.9. The summed E-state index contributed by atoms with van der Waals surface area (Å²) in [7, 11) is 1.55. The second kappa shape index (κ2) is 5.51. The summed E-state index contributed by atoms with van der Waals surface area (Å²) < 4.78 is 10.7. The molecule has 0 unspecified atom stereocenters. The minimum absolute atomic E-state index is 0.369. The van der Waals surface area contributed by atoms with Gasteiger partial charge in [-0.05, 0) is 30.3 Å². The maximum absolute atomic E-state index is 8.76. The van der Waals surface area contributed by atoms with Gasteiger partial charge in [-0.2, -0.15) is 5.26 Å². The van der Waals surface area contributed by atoms with Crippen molar-refractivity contribution < 1.29 is 9.47 Å². The lowest BCUT2D eigenvalue weighted by molar-refractivity contribution is 0.415. The predicted octanol–water partition coefficient (Wildman–Crippen LogP) is 3.59. The molecule has 0 aliphatic carbocycles. The van der Waals surface area contributed by atoms with E-state index >= 15 is 0 Å². The summed E-state index contributed by atoms with van der Waals surface area (Å²) in [6.45, 7) is 0. The van der Waals surface area contributed by atoms with E-state index in [0.29, 0.717) is 33.5 Å². The van der Waals surface area contributed by atoms with Crippen molar-refractivity contribution in [2.24, 2.45) is 0 Å². The van der Waals surface area contributed by atoms with Gasteiger partial charge in [0.1, 0.15) is 17.2 Å². The van der Waals surface area contributed by atoms with E-state index < -0.39 is 0 Å². The lowest BCUT2D eigenvalue weighted by Gasteiger charge is -2.10. The number of nitrogens with zero attached hydrogens (tertiary/aromatic N) is 1. The third-order valence-corrected chi connectivity index (χ3v) is 2.79. The first-order chi connectivity index (χ1) is 9.13. The molecular weight excluding hydrogens is 264 g/mol. The summed E-state index contributed by atoms with van der Waals surface area (Å²) in [6, 6.07) is 11.9. The van der Waals surface area contributed by atoms with Gasteiger partial charge in [0.15, 0.2) is 0 Å². The molecule has 0 atom stereocenters. The normalized spacial score (nSPS) is 9.74. The fourth-order valence-corrected chi connectivity index (χ4v) is 1.78. The van der Waals surface area contributed by atoms with Crippen LogP contribution in [0.4, 0.5) is 5.69 Å². The SMILES string of the molecule is COc1ccc(Oc2ccc(C#N)cc2Cl)cc1N. The van der Waals surface area contributed by atoms with Crippen LogP contribution >= 0.6 is 11.6 Å². The molecule has 0 spiro atoms. The summed E-state index contributed by atoms with van der Waals surface area (Å²) in [6.07, 6.45) is 0. The van der Waals surface area contributed by atoms with Crippen LogP contribution in [0.15, 0.2) is 36.4 Å². The first-order valence-electron chi connectivity index (χ1n) is 5.45. The Kier molecular flexibility index (Phi) is 3.79. The van der Waals surface area contributed by atoms with Crippen molar-refractivity contribution >= 4 is 17.3 Å². The molecular formula is C14H11ClN2O2. The van der Waals surface area contributed by atoms with Gasteiger partial charge >= 0.3 is 0 Å². The number of anilines is 1. The fraction of sp³-hybridized carbons (Fsp3) is 0.0714. The Morgan fingerprint density at radius 1 is 1.16 bits per heavy atom. The van der Waals surface area contributed by atoms with E-state index in [1.165, 1.54) is 0 Å². The predicted molar refractivity (Wildman–Crippen MR) is 73.6 cm³/mol. The second-order valence-corrected chi connectivity index (χ2v) is 4.17. The van der Waals surface area contributed by atoms with Crippen LogP contribution in [0, 0.1) is 11.3 Å². The van der Waals surface area contributed by atoms with Crippen LogP contribution in [0.1, 0.15) is 5.56 Å².